The van der Waals surface area contributed by atoms with Crippen molar-refractivity contribution in [2.45, 2.75) is 25.9 Å². The van der Waals surface area contributed by atoms with Crippen LogP contribution in [0.2, 0.25) is 0 Å². The van der Waals surface area contributed by atoms with Crippen molar-refractivity contribution in [3.05, 3.63) is 68.7 Å². The standard InChI is InChI=1S/C14H15N3O2/c1-8-3-5-10-7-12(17(18)19)11-6-4-9(2)16-14(11)13(10)15-8/h3-8,12,15-16H,1-2H3. The molecule has 1 aliphatic carbocycles. The van der Waals surface area contributed by atoms with Crippen molar-refractivity contribution in [1.29, 1.82) is 0 Å². The lowest BCUT2D eigenvalue weighted by molar-refractivity contribution is -0.499. The van der Waals surface area contributed by atoms with Crippen molar-refractivity contribution in [3.8, 4) is 0 Å². The molecule has 19 heavy (non-hydrogen) atoms. The quantitative estimate of drug-likeness (QED) is 0.555. The van der Waals surface area contributed by atoms with Crippen molar-refractivity contribution in [2.24, 2.45) is 0 Å². The highest BCUT2D eigenvalue weighted by Gasteiger charge is 2.35. The Morgan fingerprint density at radius 3 is 2.84 bits per heavy atom. The Labute approximate surface area is 111 Å². The Bertz CT molecular complexity index is 608. The first kappa shape index (κ1) is 11.8. The second-order valence-electron chi connectivity index (χ2n) is 4.99. The molecule has 0 spiro atoms. The van der Waals surface area contributed by atoms with E-state index in [9.17, 15) is 10.1 Å². The fraction of sp³-hybridized carbons (Fsp3) is 0.286. The SMILES string of the molecule is CC1=CC=C2C(=C3NC(C)C=CC3=CC2[N+](=O)[O-])N1. The largest absolute Gasteiger partial charge is 0.377 e. The number of nitrogens with zero attached hydrogens (tertiary/aromatic N) is 1. The Morgan fingerprint density at radius 1 is 1.32 bits per heavy atom. The summed E-state index contributed by atoms with van der Waals surface area (Å²) in [5.74, 6) is 0. The summed E-state index contributed by atoms with van der Waals surface area (Å²) in [6.07, 6.45) is 9.37. The van der Waals surface area contributed by atoms with Crippen LogP contribution in [-0.4, -0.2) is 17.0 Å². The third-order valence-corrected chi connectivity index (χ3v) is 3.48. The first-order chi connectivity index (χ1) is 9.06. The number of dihydropyridines is 1. The second-order valence-corrected chi connectivity index (χ2v) is 4.99. The molecule has 2 heterocycles. The molecule has 3 aliphatic rings. The zero-order valence-corrected chi connectivity index (χ0v) is 10.8. The predicted molar refractivity (Wildman–Crippen MR) is 72.6 cm³/mol. The maximum atomic E-state index is 11.2. The highest BCUT2D eigenvalue weighted by atomic mass is 16.6. The van der Waals surface area contributed by atoms with E-state index >= 15 is 0 Å². The summed E-state index contributed by atoms with van der Waals surface area (Å²) < 4.78 is 0. The molecular formula is C14H15N3O2. The van der Waals surface area contributed by atoms with Gasteiger partial charge in [0, 0.05) is 28.3 Å². The van der Waals surface area contributed by atoms with E-state index < -0.39 is 6.04 Å². The van der Waals surface area contributed by atoms with Crippen LogP contribution in [0.4, 0.5) is 0 Å². The van der Waals surface area contributed by atoms with Gasteiger partial charge >= 0.3 is 0 Å². The molecule has 0 aromatic rings. The molecule has 5 nitrogen and oxygen atoms in total. The molecule has 0 saturated carbocycles. The monoisotopic (exact) mass is 257 g/mol. The van der Waals surface area contributed by atoms with Gasteiger partial charge in [0.25, 0.3) is 6.04 Å². The third kappa shape index (κ3) is 1.87. The van der Waals surface area contributed by atoms with Crippen molar-refractivity contribution < 1.29 is 4.92 Å². The van der Waals surface area contributed by atoms with Gasteiger partial charge in [-0.2, -0.15) is 0 Å². The zero-order valence-electron chi connectivity index (χ0n) is 10.8. The van der Waals surface area contributed by atoms with E-state index in [-0.39, 0.29) is 11.0 Å². The number of fused-ring (bicyclic) bond motifs is 2. The molecule has 2 unspecified atom stereocenters. The number of allylic oxidation sites excluding steroid dienone is 4. The summed E-state index contributed by atoms with van der Waals surface area (Å²) in [4.78, 5) is 11.0. The molecular weight excluding hydrogens is 242 g/mol. The van der Waals surface area contributed by atoms with Crippen molar-refractivity contribution in [1.82, 2.24) is 10.6 Å². The van der Waals surface area contributed by atoms with Crippen LogP contribution in [-0.2, 0) is 0 Å². The van der Waals surface area contributed by atoms with Crippen LogP contribution in [0.5, 0.6) is 0 Å². The zero-order chi connectivity index (χ0) is 13.6. The van der Waals surface area contributed by atoms with Crippen molar-refractivity contribution in [3.63, 3.8) is 0 Å². The predicted octanol–water partition coefficient (Wildman–Crippen LogP) is 1.76. The number of rotatable bonds is 1. The summed E-state index contributed by atoms with van der Waals surface area (Å²) in [5, 5.41) is 17.9. The lowest BCUT2D eigenvalue weighted by atomic mass is 9.87. The molecule has 0 aromatic heterocycles. The Balaban J connectivity index is 2.16. The van der Waals surface area contributed by atoms with Crippen LogP contribution in [0.25, 0.3) is 0 Å². The van der Waals surface area contributed by atoms with E-state index in [4.69, 9.17) is 0 Å². The number of nitro groups is 1. The molecule has 0 amide bonds. The van der Waals surface area contributed by atoms with Gasteiger partial charge in [-0.15, -0.1) is 0 Å². The van der Waals surface area contributed by atoms with Crippen LogP contribution in [0.1, 0.15) is 13.8 Å². The van der Waals surface area contributed by atoms with Gasteiger partial charge in [-0.25, -0.2) is 0 Å². The summed E-state index contributed by atoms with van der Waals surface area (Å²) in [7, 11) is 0. The first-order valence-corrected chi connectivity index (χ1v) is 6.27. The fourth-order valence-electron chi connectivity index (χ4n) is 2.54. The molecule has 98 valence electrons. The Kier molecular flexibility index (Phi) is 2.55. The topological polar surface area (TPSA) is 67.2 Å². The minimum Gasteiger partial charge on any atom is -0.377 e. The van der Waals surface area contributed by atoms with Crippen molar-refractivity contribution >= 4 is 0 Å². The molecule has 0 bridgehead atoms. The number of hydrogen-bond donors (Lipinski definition) is 2. The molecule has 5 heteroatoms. The van der Waals surface area contributed by atoms with Crippen LogP contribution >= 0.6 is 0 Å². The average Bonchev–Trinajstić information content (AvgIpc) is 2.37. The van der Waals surface area contributed by atoms with E-state index in [1.807, 2.05) is 31.2 Å². The summed E-state index contributed by atoms with van der Waals surface area (Å²) in [5.41, 5.74) is 4.36. The van der Waals surface area contributed by atoms with E-state index in [0.717, 1.165) is 22.7 Å². The van der Waals surface area contributed by atoms with Crippen molar-refractivity contribution in [2.75, 3.05) is 0 Å². The summed E-state index contributed by atoms with van der Waals surface area (Å²) >= 11 is 0. The molecule has 2 atom stereocenters. The molecule has 3 rings (SSSR count). The smallest absolute Gasteiger partial charge is 0.259 e. The maximum absolute atomic E-state index is 11.2. The molecule has 0 saturated heterocycles. The van der Waals surface area contributed by atoms with Crippen LogP contribution in [0.15, 0.2) is 58.6 Å². The summed E-state index contributed by atoms with van der Waals surface area (Å²) in [6, 6.07) is -0.563. The lowest BCUT2D eigenvalue weighted by Gasteiger charge is -2.31. The van der Waals surface area contributed by atoms with E-state index in [0.29, 0.717) is 5.57 Å². The highest BCUT2D eigenvalue weighted by molar-refractivity contribution is 5.59. The molecule has 2 N–H and O–H groups in total. The highest BCUT2D eigenvalue weighted by Crippen LogP contribution is 2.33. The van der Waals surface area contributed by atoms with Gasteiger partial charge in [0.2, 0.25) is 0 Å². The van der Waals surface area contributed by atoms with E-state index in [1.54, 1.807) is 6.08 Å². The van der Waals surface area contributed by atoms with Crippen LogP contribution < -0.4 is 10.6 Å². The van der Waals surface area contributed by atoms with Gasteiger partial charge in [0.1, 0.15) is 0 Å². The average molecular weight is 257 g/mol. The lowest BCUT2D eigenvalue weighted by Crippen LogP contribution is -2.38. The molecule has 0 aromatic carbocycles. The Hall–Kier alpha value is -2.30. The number of nitrogens with one attached hydrogen (secondary N) is 2. The Morgan fingerprint density at radius 2 is 2.11 bits per heavy atom. The number of hydrogen-bond acceptors (Lipinski definition) is 4. The van der Waals surface area contributed by atoms with E-state index in [1.165, 1.54) is 0 Å². The molecule has 2 aliphatic heterocycles. The normalized spacial score (nSPS) is 28.2. The fourth-order valence-corrected chi connectivity index (χ4v) is 2.54. The van der Waals surface area contributed by atoms with Gasteiger partial charge in [0.05, 0.1) is 17.0 Å². The third-order valence-electron chi connectivity index (χ3n) is 3.48. The van der Waals surface area contributed by atoms with Crippen LogP contribution in [0.3, 0.4) is 0 Å². The minimum atomic E-state index is -0.787. The summed E-state index contributed by atoms with van der Waals surface area (Å²) in [6.45, 7) is 4.00. The van der Waals surface area contributed by atoms with E-state index in [2.05, 4.69) is 17.6 Å². The second kappa shape index (κ2) is 4.12. The van der Waals surface area contributed by atoms with Gasteiger partial charge in [0.15, 0.2) is 0 Å². The molecule has 0 fully saturated rings. The van der Waals surface area contributed by atoms with Gasteiger partial charge in [-0.3, -0.25) is 10.1 Å². The molecule has 0 radical (unpaired) electrons. The maximum Gasteiger partial charge on any atom is 0.259 e. The minimum absolute atomic E-state index is 0.223. The van der Waals surface area contributed by atoms with Gasteiger partial charge in [-0.1, -0.05) is 12.2 Å². The van der Waals surface area contributed by atoms with Gasteiger partial charge in [-0.05, 0) is 26.0 Å². The first-order valence-electron chi connectivity index (χ1n) is 6.27. The van der Waals surface area contributed by atoms with Gasteiger partial charge < -0.3 is 10.6 Å². The van der Waals surface area contributed by atoms with Crippen LogP contribution in [0, 0.1) is 10.1 Å².